The maximum atomic E-state index is 12.9. The average molecular weight is 514 g/mol. The van der Waals surface area contributed by atoms with Gasteiger partial charge < -0.3 is 10.1 Å². The van der Waals surface area contributed by atoms with Crippen LogP contribution in [0.1, 0.15) is 24.0 Å². The first-order valence-corrected chi connectivity index (χ1v) is 12.7. The molecule has 0 saturated carbocycles. The topological polar surface area (TPSA) is 88.6 Å². The predicted octanol–water partition coefficient (Wildman–Crippen LogP) is 4.85. The number of hydrogen-bond donors (Lipinski definition) is 1. The zero-order valence-electron chi connectivity index (χ0n) is 18.3. The first-order chi connectivity index (χ1) is 15.9. The molecule has 1 aromatic heterocycles. The van der Waals surface area contributed by atoms with E-state index in [2.05, 4.69) is 21.1 Å². The molecule has 1 fully saturated rings. The zero-order chi connectivity index (χ0) is 24.7. The Bertz CT molecular complexity index is 1310. The molecular formula is C22H22F3N3O4S2. The summed E-state index contributed by atoms with van der Waals surface area (Å²) in [5.74, 6) is -1.08. The van der Waals surface area contributed by atoms with Gasteiger partial charge in [0.15, 0.2) is 5.13 Å². The minimum atomic E-state index is -4.86. The Hall–Kier alpha value is -2.70. The molecule has 0 aliphatic carbocycles. The zero-order valence-corrected chi connectivity index (χ0v) is 20.0. The molecule has 0 bridgehead atoms. The summed E-state index contributed by atoms with van der Waals surface area (Å²) in [6.07, 6.45) is -4.21. The lowest BCUT2D eigenvalue weighted by Gasteiger charge is -2.30. The fourth-order valence-electron chi connectivity index (χ4n) is 3.96. The molecule has 1 aliphatic heterocycles. The van der Waals surface area contributed by atoms with Crippen molar-refractivity contribution in [2.45, 2.75) is 37.9 Å². The quantitative estimate of drug-likeness (QED) is 0.527. The van der Waals surface area contributed by atoms with Crippen molar-refractivity contribution in [1.82, 2.24) is 9.29 Å². The Kier molecular flexibility index (Phi) is 6.58. The monoisotopic (exact) mass is 513 g/mol. The number of thiazole rings is 1. The van der Waals surface area contributed by atoms with Crippen LogP contribution in [0.4, 0.5) is 18.3 Å². The highest BCUT2D eigenvalue weighted by molar-refractivity contribution is 7.89. The third-order valence-corrected chi connectivity index (χ3v) is 8.60. The number of nitrogens with zero attached hydrogens (tertiary/aromatic N) is 2. The van der Waals surface area contributed by atoms with E-state index in [0.717, 1.165) is 45.6 Å². The minimum Gasteiger partial charge on any atom is -0.406 e. The molecule has 2 aromatic carbocycles. The summed E-state index contributed by atoms with van der Waals surface area (Å²) in [6.45, 7) is 4.22. The number of halogens is 3. The molecule has 1 N–H and O–H groups in total. The van der Waals surface area contributed by atoms with Crippen LogP contribution >= 0.6 is 11.3 Å². The summed E-state index contributed by atoms with van der Waals surface area (Å²) in [5.41, 5.74) is 3.00. The number of ether oxygens (including phenoxy) is 1. The van der Waals surface area contributed by atoms with Gasteiger partial charge in [0, 0.05) is 19.0 Å². The number of aromatic nitrogens is 1. The second-order valence-corrected chi connectivity index (χ2v) is 11.1. The van der Waals surface area contributed by atoms with Crippen LogP contribution in [0.5, 0.6) is 5.75 Å². The second-order valence-electron chi connectivity index (χ2n) is 8.14. The summed E-state index contributed by atoms with van der Waals surface area (Å²) >= 11 is 1.40. The van der Waals surface area contributed by atoms with Gasteiger partial charge in [-0.1, -0.05) is 17.4 Å². The third-order valence-electron chi connectivity index (χ3n) is 5.57. The number of carbonyl (C=O) groups excluding carboxylic acids is 1. The van der Waals surface area contributed by atoms with Crippen molar-refractivity contribution in [3.05, 3.63) is 47.5 Å². The summed E-state index contributed by atoms with van der Waals surface area (Å²) < 4.78 is 68.7. The van der Waals surface area contributed by atoms with Gasteiger partial charge in [0.2, 0.25) is 15.9 Å². The number of carbonyl (C=O) groups is 1. The number of sulfonamides is 1. The Labute approximate surface area is 198 Å². The van der Waals surface area contributed by atoms with Gasteiger partial charge in [-0.2, -0.15) is 4.31 Å². The molecule has 1 aliphatic rings. The van der Waals surface area contributed by atoms with Crippen LogP contribution in [0.3, 0.4) is 0 Å². The molecule has 0 unspecified atom stereocenters. The molecule has 2 heterocycles. The number of fused-ring (bicyclic) bond motifs is 1. The fraction of sp³-hybridized carbons (Fsp3) is 0.364. The Morgan fingerprint density at radius 1 is 1.15 bits per heavy atom. The molecule has 182 valence electrons. The third kappa shape index (κ3) is 5.34. The van der Waals surface area contributed by atoms with Crippen LogP contribution in [0, 0.1) is 19.8 Å². The van der Waals surface area contributed by atoms with Gasteiger partial charge in [-0.05, 0) is 68.1 Å². The van der Waals surface area contributed by atoms with Crippen LogP contribution in [0.25, 0.3) is 10.2 Å². The van der Waals surface area contributed by atoms with Gasteiger partial charge in [0.1, 0.15) is 5.75 Å². The van der Waals surface area contributed by atoms with Crippen LogP contribution in [0.15, 0.2) is 41.3 Å². The smallest absolute Gasteiger partial charge is 0.406 e. The highest BCUT2D eigenvalue weighted by atomic mass is 32.2. The van der Waals surface area contributed by atoms with Crippen molar-refractivity contribution < 1.29 is 31.1 Å². The highest BCUT2D eigenvalue weighted by Crippen LogP contribution is 2.31. The molecular weight excluding hydrogens is 491 g/mol. The number of alkyl halides is 3. The summed E-state index contributed by atoms with van der Waals surface area (Å²) in [7, 11) is -3.90. The maximum Gasteiger partial charge on any atom is 0.573 e. The summed E-state index contributed by atoms with van der Waals surface area (Å²) in [6, 6.07) is 8.08. The predicted molar refractivity (Wildman–Crippen MR) is 122 cm³/mol. The van der Waals surface area contributed by atoms with Gasteiger partial charge in [-0.15, -0.1) is 13.2 Å². The SMILES string of the molecule is Cc1cc(C)c2sc(NC(=O)C3CCN(S(=O)(=O)c4ccc(OC(F)(F)F)cc4)CC3)nc2c1. The van der Waals surface area contributed by atoms with E-state index in [1.54, 1.807) is 0 Å². The number of anilines is 1. The molecule has 4 rings (SSSR count). The Balaban J connectivity index is 1.37. The first kappa shape index (κ1) is 24.4. The standard InChI is InChI=1S/C22H22F3N3O4S2/c1-13-11-14(2)19-18(12-13)26-21(33-19)27-20(29)15-7-9-28(10-8-15)34(30,31)17-5-3-16(4-6-17)32-22(23,24)25/h3-6,11-12,15H,7-10H2,1-2H3,(H,26,27,29). The fourth-order valence-corrected chi connectivity index (χ4v) is 6.35. The van der Waals surface area contributed by atoms with Crippen molar-refractivity contribution in [2.24, 2.45) is 5.92 Å². The van der Waals surface area contributed by atoms with E-state index in [0.29, 0.717) is 18.0 Å². The Morgan fingerprint density at radius 2 is 1.79 bits per heavy atom. The van der Waals surface area contributed by atoms with Crippen molar-refractivity contribution in [2.75, 3.05) is 18.4 Å². The Morgan fingerprint density at radius 3 is 2.41 bits per heavy atom. The number of piperidine rings is 1. The number of hydrogen-bond acceptors (Lipinski definition) is 6. The van der Waals surface area contributed by atoms with E-state index in [1.165, 1.54) is 15.6 Å². The average Bonchev–Trinajstić information content (AvgIpc) is 3.15. The van der Waals surface area contributed by atoms with Crippen LogP contribution in [-0.4, -0.2) is 43.1 Å². The summed E-state index contributed by atoms with van der Waals surface area (Å²) in [5, 5.41) is 3.36. The van der Waals surface area contributed by atoms with E-state index < -0.39 is 22.1 Å². The van der Waals surface area contributed by atoms with Gasteiger partial charge in [-0.25, -0.2) is 13.4 Å². The molecule has 0 atom stereocenters. The number of benzene rings is 2. The normalized spacial score (nSPS) is 16.0. The molecule has 34 heavy (non-hydrogen) atoms. The minimum absolute atomic E-state index is 0.124. The van der Waals surface area contributed by atoms with Gasteiger partial charge >= 0.3 is 6.36 Å². The molecule has 7 nitrogen and oxygen atoms in total. The lowest BCUT2D eigenvalue weighted by molar-refractivity contribution is -0.274. The lowest BCUT2D eigenvalue weighted by atomic mass is 9.97. The van der Waals surface area contributed by atoms with Crippen LogP contribution in [-0.2, 0) is 14.8 Å². The molecule has 0 radical (unpaired) electrons. The number of rotatable bonds is 5. The van der Waals surface area contributed by atoms with E-state index in [1.807, 2.05) is 19.9 Å². The molecule has 12 heteroatoms. The number of nitrogens with one attached hydrogen (secondary N) is 1. The number of amides is 1. The van der Waals surface area contributed by atoms with Crippen LogP contribution in [0.2, 0.25) is 0 Å². The van der Waals surface area contributed by atoms with E-state index in [-0.39, 0.29) is 29.8 Å². The van der Waals surface area contributed by atoms with Gasteiger partial charge in [0.05, 0.1) is 15.1 Å². The lowest BCUT2D eigenvalue weighted by Crippen LogP contribution is -2.41. The van der Waals surface area contributed by atoms with Crippen molar-refractivity contribution >= 4 is 42.6 Å². The van der Waals surface area contributed by atoms with Crippen molar-refractivity contribution in [3.8, 4) is 5.75 Å². The first-order valence-electron chi connectivity index (χ1n) is 10.5. The van der Waals surface area contributed by atoms with E-state index in [4.69, 9.17) is 0 Å². The van der Waals surface area contributed by atoms with Gasteiger partial charge in [0.25, 0.3) is 0 Å². The molecule has 1 amide bonds. The van der Waals surface area contributed by atoms with E-state index in [9.17, 15) is 26.4 Å². The van der Waals surface area contributed by atoms with E-state index >= 15 is 0 Å². The molecule has 0 spiro atoms. The maximum absolute atomic E-state index is 12.9. The largest absolute Gasteiger partial charge is 0.573 e. The highest BCUT2D eigenvalue weighted by Gasteiger charge is 2.34. The van der Waals surface area contributed by atoms with Crippen LogP contribution < -0.4 is 10.1 Å². The molecule has 3 aromatic rings. The molecule has 1 saturated heterocycles. The summed E-state index contributed by atoms with van der Waals surface area (Å²) in [4.78, 5) is 17.1. The second kappa shape index (κ2) is 9.16. The van der Waals surface area contributed by atoms with Crippen molar-refractivity contribution in [1.29, 1.82) is 0 Å². The number of aryl methyl sites for hydroxylation is 2. The van der Waals surface area contributed by atoms with Crippen molar-refractivity contribution in [3.63, 3.8) is 0 Å². The van der Waals surface area contributed by atoms with Gasteiger partial charge in [-0.3, -0.25) is 4.79 Å².